The second-order valence-electron chi connectivity index (χ2n) is 4.66. The van der Waals surface area contributed by atoms with Crippen molar-refractivity contribution in [2.75, 3.05) is 6.61 Å². The van der Waals surface area contributed by atoms with Gasteiger partial charge < -0.3 is 4.74 Å². The van der Waals surface area contributed by atoms with E-state index in [1.165, 1.54) is 26.0 Å². The zero-order valence-electron chi connectivity index (χ0n) is 12.3. The van der Waals surface area contributed by atoms with Gasteiger partial charge >= 0.3 is 12.1 Å². The molecular formula is C14H10Cl3F3N2O2. The van der Waals surface area contributed by atoms with Gasteiger partial charge in [-0.05, 0) is 26.0 Å². The Morgan fingerprint density at radius 3 is 2.25 bits per heavy atom. The number of halogens is 6. The highest BCUT2D eigenvalue weighted by molar-refractivity contribution is 6.40. The van der Waals surface area contributed by atoms with Crippen LogP contribution in [0.3, 0.4) is 0 Å². The lowest BCUT2D eigenvalue weighted by atomic mass is 10.2. The Balaban J connectivity index is 2.77. The fourth-order valence-electron chi connectivity index (χ4n) is 2.10. The van der Waals surface area contributed by atoms with Crippen molar-refractivity contribution in [2.45, 2.75) is 20.0 Å². The highest BCUT2D eigenvalue weighted by Gasteiger charge is 2.41. The van der Waals surface area contributed by atoms with Crippen LogP contribution in [0.4, 0.5) is 13.2 Å². The van der Waals surface area contributed by atoms with Gasteiger partial charge in [-0.3, -0.25) is 0 Å². The molecule has 0 amide bonds. The van der Waals surface area contributed by atoms with Crippen molar-refractivity contribution in [3.63, 3.8) is 0 Å². The Hall–Kier alpha value is -1.44. The molecule has 0 unspecified atom stereocenters. The fraction of sp³-hybridized carbons (Fsp3) is 0.286. The quantitative estimate of drug-likeness (QED) is 0.652. The number of aromatic nitrogens is 2. The van der Waals surface area contributed by atoms with Crippen molar-refractivity contribution < 1.29 is 22.7 Å². The second-order valence-corrected chi connectivity index (χ2v) is 5.91. The third-order valence-electron chi connectivity index (χ3n) is 3.06. The van der Waals surface area contributed by atoms with Crippen molar-refractivity contribution in [1.29, 1.82) is 0 Å². The minimum absolute atomic E-state index is 0.0118. The maximum Gasteiger partial charge on any atom is 0.436 e. The first-order valence-electron chi connectivity index (χ1n) is 6.56. The normalized spacial score (nSPS) is 11.7. The second kappa shape index (κ2) is 6.82. The third-order valence-corrected chi connectivity index (χ3v) is 3.85. The van der Waals surface area contributed by atoms with Crippen molar-refractivity contribution in [2.24, 2.45) is 0 Å². The van der Waals surface area contributed by atoms with Crippen LogP contribution in [0.5, 0.6) is 0 Å². The number of hydrogen-bond acceptors (Lipinski definition) is 3. The number of nitrogens with zero attached hydrogens (tertiary/aromatic N) is 2. The lowest BCUT2D eigenvalue weighted by molar-refractivity contribution is -0.141. The number of esters is 1. The number of alkyl halides is 3. The topological polar surface area (TPSA) is 44.1 Å². The van der Waals surface area contributed by atoms with E-state index in [0.29, 0.717) is 0 Å². The number of benzene rings is 1. The van der Waals surface area contributed by atoms with Gasteiger partial charge in [0, 0.05) is 5.02 Å². The van der Waals surface area contributed by atoms with Gasteiger partial charge in [-0.25, -0.2) is 9.48 Å². The number of carbonyl (C=O) groups is 1. The van der Waals surface area contributed by atoms with E-state index < -0.39 is 23.4 Å². The highest BCUT2D eigenvalue weighted by Crippen LogP contribution is 2.37. The largest absolute Gasteiger partial charge is 0.462 e. The third kappa shape index (κ3) is 3.48. The fourth-order valence-corrected chi connectivity index (χ4v) is 3.08. The summed E-state index contributed by atoms with van der Waals surface area (Å²) in [6.45, 7) is 2.69. The molecule has 0 aliphatic heterocycles. The maximum atomic E-state index is 13.3. The zero-order valence-corrected chi connectivity index (χ0v) is 14.6. The predicted molar refractivity (Wildman–Crippen MR) is 84.3 cm³/mol. The van der Waals surface area contributed by atoms with Crippen LogP contribution >= 0.6 is 34.8 Å². The molecule has 130 valence electrons. The number of ether oxygens (including phenoxy) is 1. The summed E-state index contributed by atoms with van der Waals surface area (Å²) in [6.07, 6.45) is -4.86. The highest BCUT2D eigenvalue weighted by atomic mass is 35.5. The summed E-state index contributed by atoms with van der Waals surface area (Å²) in [5.74, 6) is -1.13. The van der Waals surface area contributed by atoms with E-state index in [1.54, 1.807) is 0 Å². The molecule has 0 saturated carbocycles. The van der Waals surface area contributed by atoms with Gasteiger partial charge in [-0.1, -0.05) is 34.8 Å². The molecule has 0 saturated heterocycles. The summed E-state index contributed by atoms with van der Waals surface area (Å²) in [5.41, 5.74) is -2.18. The van der Waals surface area contributed by atoms with Crippen molar-refractivity contribution in [1.82, 2.24) is 9.78 Å². The number of rotatable bonds is 3. The average molecular weight is 402 g/mol. The number of carbonyl (C=O) groups excluding carboxylic acids is 1. The summed E-state index contributed by atoms with van der Waals surface area (Å²) in [6, 6.07) is 2.62. The summed E-state index contributed by atoms with van der Waals surface area (Å²) in [7, 11) is 0. The minimum atomic E-state index is -4.86. The van der Waals surface area contributed by atoms with Crippen molar-refractivity contribution in [3.05, 3.63) is 44.2 Å². The van der Waals surface area contributed by atoms with Crippen LogP contribution in [0.2, 0.25) is 15.1 Å². The molecule has 2 rings (SSSR count). The summed E-state index contributed by atoms with van der Waals surface area (Å²) in [5, 5.41) is 3.67. The van der Waals surface area contributed by atoms with E-state index >= 15 is 0 Å². The van der Waals surface area contributed by atoms with Crippen molar-refractivity contribution >= 4 is 40.8 Å². The van der Waals surface area contributed by atoms with Crippen LogP contribution in [0.25, 0.3) is 5.69 Å². The minimum Gasteiger partial charge on any atom is -0.462 e. The molecular weight excluding hydrogens is 392 g/mol. The molecule has 0 fully saturated rings. The zero-order chi connectivity index (χ0) is 18.2. The Morgan fingerprint density at radius 2 is 1.79 bits per heavy atom. The standard InChI is InChI=1S/C14H10Cl3F3N2O2/c1-3-24-13(23)10-6(2)22(21-12(10)14(18,19)20)11-8(16)4-7(15)5-9(11)17/h4-5H,3H2,1-2H3. The van der Waals surface area contributed by atoms with Crippen LogP contribution in [0, 0.1) is 6.92 Å². The molecule has 0 spiro atoms. The van der Waals surface area contributed by atoms with E-state index in [-0.39, 0.29) is 33.1 Å². The summed E-state index contributed by atoms with van der Waals surface area (Å²) < 4.78 is 45.3. The molecule has 0 bridgehead atoms. The molecule has 0 N–H and O–H groups in total. The van der Waals surface area contributed by atoms with Crippen molar-refractivity contribution in [3.8, 4) is 5.69 Å². The molecule has 2 aromatic rings. The van der Waals surface area contributed by atoms with Gasteiger partial charge in [0.05, 0.1) is 22.3 Å². The van der Waals surface area contributed by atoms with Gasteiger partial charge in [-0.2, -0.15) is 18.3 Å². The monoisotopic (exact) mass is 400 g/mol. The van der Waals surface area contributed by atoms with Gasteiger partial charge in [-0.15, -0.1) is 0 Å². The Morgan fingerprint density at radius 1 is 1.25 bits per heavy atom. The van der Waals surface area contributed by atoms with Gasteiger partial charge in [0.1, 0.15) is 11.3 Å². The van der Waals surface area contributed by atoms with E-state index in [9.17, 15) is 18.0 Å². The Bertz CT molecular complexity index is 780. The molecule has 10 heteroatoms. The molecule has 24 heavy (non-hydrogen) atoms. The van der Waals surface area contributed by atoms with Crippen LogP contribution in [-0.4, -0.2) is 22.4 Å². The molecule has 1 aromatic heterocycles. The first-order chi connectivity index (χ1) is 11.1. The first-order valence-corrected chi connectivity index (χ1v) is 7.70. The first kappa shape index (κ1) is 18.9. The molecule has 0 radical (unpaired) electrons. The summed E-state index contributed by atoms with van der Waals surface area (Å²) in [4.78, 5) is 11.9. The summed E-state index contributed by atoms with van der Waals surface area (Å²) >= 11 is 17.9. The van der Waals surface area contributed by atoms with Crippen LogP contribution < -0.4 is 0 Å². The average Bonchev–Trinajstić information content (AvgIpc) is 2.76. The van der Waals surface area contributed by atoms with Crippen LogP contribution in [0.1, 0.15) is 28.7 Å². The van der Waals surface area contributed by atoms with E-state index in [2.05, 4.69) is 5.10 Å². The Kier molecular flexibility index (Phi) is 5.37. The molecule has 0 aliphatic carbocycles. The molecule has 1 aromatic carbocycles. The van der Waals surface area contributed by atoms with E-state index in [0.717, 1.165) is 4.68 Å². The Labute approximate surface area is 150 Å². The number of hydrogen-bond donors (Lipinski definition) is 0. The lowest BCUT2D eigenvalue weighted by Crippen LogP contribution is -2.15. The predicted octanol–water partition coefficient (Wildman–Crippen LogP) is 5.34. The SMILES string of the molecule is CCOC(=O)c1c(C(F)(F)F)nn(-c2c(Cl)cc(Cl)cc2Cl)c1C. The maximum absolute atomic E-state index is 13.3. The molecule has 4 nitrogen and oxygen atoms in total. The van der Waals surface area contributed by atoms with E-state index in [1.807, 2.05) is 0 Å². The smallest absolute Gasteiger partial charge is 0.436 e. The lowest BCUT2D eigenvalue weighted by Gasteiger charge is -2.10. The van der Waals surface area contributed by atoms with Gasteiger partial charge in [0.2, 0.25) is 0 Å². The molecule has 0 aliphatic rings. The van der Waals surface area contributed by atoms with Crippen LogP contribution in [0.15, 0.2) is 12.1 Å². The van der Waals surface area contributed by atoms with Gasteiger partial charge in [0.25, 0.3) is 0 Å². The van der Waals surface area contributed by atoms with Crippen LogP contribution in [-0.2, 0) is 10.9 Å². The van der Waals surface area contributed by atoms with Gasteiger partial charge in [0.15, 0.2) is 5.69 Å². The molecule has 0 atom stereocenters. The van der Waals surface area contributed by atoms with E-state index in [4.69, 9.17) is 39.5 Å². The molecule has 1 heterocycles.